The molecule has 25 heavy (non-hydrogen) atoms. The van der Waals surface area contributed by atoms with Crippen LogP contribution in [0.25, 0.3) is 0 Å². The summed E-state index contributed by atoms with van der Waals surface area (Å²) in [6.45, 7) is 3.68. The Kier molecular flexibility index (Phi) is 5.53. The summed E-state index contributed by atoms with van der Waals surface area (Å²) >= 11 is 0. The fourth-order valence-corrected chi connectivity index (χ4v) is 2.23. The van der Waals surface area contributed by atoms with E-state index in [4.69, 9.17) is 9.47 Å². The van der Waals surface area contributed by atoms with Crippen molar-refractivity contribution < 1.29 is 23.6 Å². The van der Waals surface area contributed by atoms with Gasteiger partial charge in [0.05, 0.1) is 24.7 Å². The van der Waals surface area contributed by atoms with E-state index < -0.39 is 22.3 Å². The van der Waals surface area contributed by atoms with Gasteiger partial charge < -0.3 is 14.8 Å². The van der Waals surface area contributed by atoms with Crippen LogP contribution in [0.1, 0.15) is 22.8 Å². The summed E-state index contributed by atoms with van der Waals surface area (Å²) in [6.07, 6.45) is 0. The Balaban J connectivity index is 2.47. The lowest BCUT2D eigenvalue weighted by Crippen LogP contribution is -2.15. The Bertz CT molecular complexity index is 823. The molecule has 0 aromatic heterocycles. The van der Waals surface area contributed by atoms with Crippen molar-refractivity contribution in [1.82, 2.24) is 0 Å². The van der Waals surface area contributed by atoms with Crippen LogP contribution in [0, 0.1) is 22.9 Å². The number of hydrogen-bond acceptors (Lipinski definition) is 5. The second-order valence-electron chi connectivity index (χ2n) is 5.12. The molecule has 1 amide bonds. The van der Waals surface area contributed by atoms with Crippen molar-refractivity contribution >= 4 is 17.3 Å². The Morgan fingerprint density at radius 3 is 2.60 bits per heavy atom. The van der Waals surface area contributed by atoms with Crippen molar-refractivity contribution in [3.63, 3.8) is 0 Å². The van der Waals surface area contributed by atoms with Gasteiger partial charge >= 0.3 is 0 Å². The molecule has 0 unspecified atom stereocenters. The topological polar surface area (TPSA) is 90.7 Å². The monoisotopic (exact) mass is 348 g/mol. The molecule has 0 bridgehead atoms. The van der Waals surface area contributed by atoms with Gasteiger partial charge in [0.25, 0.3) is 11.6 Å². The highest BCUT2D eigenvalue weighted by atomic mass is 19.1. The SMILES string of the molecule is CCOc1cc([N+](=O)[O-])c(C(=O)Nc2cc(F)ccc2C)cc1OC. The van der Waals surface area contributed by atoms with Crippen molar-refractivity contribution in [2.24, 2.45) is 0 Å². The van der Waals surface area contributed by atoms with Crippen LogP contribution in [0.2, 0.25) is 0 Å². The van der Waals surface area contributed by atoms with E-state index in [0.717, 1.165) is 12.1 Å². The highest BCUT2D eigenvalue weighted by molar-refractivity contribution is 6.08. The molecular formula is C17H17FN2O5. The second kappa shape index (κ2) is 7.61. The molecule has 1 N–H and O–H groups in total. The first-order valence-corrected chi connectivity index (χ1v) is 7.44. The van der Waals surface area contributed by atoms with Gasteiger partial charge in [-0.2, -0.15) is 0 Å². The molecule has 0 atom stereocenters. The van der Waals surface area contributed by atoms with E-state index in [9.17, 15) is 19.3 Å². The van der Waals surface area contributed by atoms with Crippen molar-refractivity contribution in [2.45, 2.75) is 13.8 Å². The molecule has 2 aromatic rings. The zero-order chi connectivity index (χ0) is 18.6. The summed E-state index contributed by atoms with van der Waals surface area (Å²) in [5, 5.41) is 13.8. The number of ether oxygens (including phenoxy) is 2. The first-order chi connectivity index (χ1) is 11.9. The van der Waals surface area contributed by atoms with Crippen LogP contribution in [0.5, 0.6) is 11.5 Å². The Labute approximate surface area is 143 Å². The Morgan fingerprint density at radius 2 is 2.00 bits per heavy atom. The highest BCUT2D eigenvalue weighted by Gasteiger charge is 2.25. The minimum Gasteiger partial charge on any atom is -0.493 e. The van der Waals surface area contributed by atoms with E-state index >= 15 is 0 Å². The van der Waals surface area contributed by atoms with Gasteiger partial charge in [-0.1, -0.05) is 6.07 Å². The largest absolute Gasteiger partial charge is 0.493 e. The number of nitro benzene ring substituents is 1. The number of nitrogens with one attached hydrogen (secondary N) is 1. The van der Waals surface area contributed by atoms with Gasteiger partial charge in [-0.3, -0.25) is 14.9 Å². The minimum atomic E-state index is -0.748. The number of methoxy groups -OCH3 is 1. The molecule has 132 valence electrons. The smallest absolute Gasteiger partial charge is 0.286 e. The van der Waals surface area contributed by atoms with Crippen LogP contribution < -0.4 is 14.8 Å². The van der Waals surface area contributed by atoms with E-state index in [1.165, 1.54) is 25.3 Å². The van der Waals surface area contributed by atoms with Crippen molar-refractivity contribution in [3.8, 4) is 11.5 Å². The number of rotatable bonds is 6. The summed E-state index contributed by atoms with van der Waals surface area (Å²) in [4.78, 5) is 23.1. The molecule has 7 nitrogen and oxygen atoms in total. The number of aryl methyl sites for hydroxylation is 1. The molecule has 2 aromatic carbocycles. The number of nitro groups is 1. The molecule has 0 heterocycles. The van der Waals surface area contributed by atoms with Gasteiger partial charge in [0, 0.05) is 11.8 Å². The van der Waals surface area contributed by atoms with Gasteiger partial charge in [0.15, 0.2) is 11.5 Å². The highest BCUT2D eigenvalue weighted by Crippen LogP contribution is 2.35. The molecule has 0 spiro atoms. The van der Waals surface area contributed by atoms with Gasteiger partial charge in [-0.25, -0.2) is 4.39 Å². The summed E-state index contributed by atoms with van der Waals surface area (Å²) in [6, 6.07) is 6.26. The van der Waals surface area contributed by atoms with Crippen LogP contribution >= 0.6 is 0 Å². The van der Waals surface area contributed by atoms with Crippen LogP contribution in [0.15, 0.2) is 30.3 Å². The standard InChI is InChI=1S/C17H17FN2O5/c1-4-25-16-9-14(20(22)23)12(8-15(16)24-3)17(21)19-13-7-11(18)6-5-10(13)2/h5-9H,4H2,1-3H3,(H,19,21). The lowest BCUT2D eigenvalue weighted by atomic mass is 10.1. The summed E-state index contributed by atoms with van der Waals surface area (Å²) in [7, 11) is 1.36. The predicted molar refractivity (Wildman–Crippen MR) is 89.9 cm³/mol. The van der Waals surface area contributed by atoms with Crippen molar-refractivity contribution in [3.05, 3.63) is 57.4 Å². The maximum absolute atomic E-state index is 13.4. The number of benzene rings is 2. The third-order valence-electron chi connectivity index (χ3n) is 3.47. The molecule has 0 fully saturated rings. The maximum Gasteiger partial charge on any atom is 0.286 e. The third-order valence-corrected chi connectivity index (χ3v) is 3.47. The lowest BCUT2D eigenvalue weighted by Gasteiger charge is -2.13. The molecule has 0 aliphatic heterocycles. The first-order valence-electron chi connectivity index (χ1n) is 7.44. The average molecular weight is 348 g/mol. The fourth-order valence-electron chi connectivity index (χ4n) is 2.23. The van der Waals surface area contributed by atoms with Crippen molar-refractivity contribution in [2.75, 3.05) is 19.0 Å². The number of carbonyl (C=O) groups is 1. The lowest BCUT2D eigenvalue weighted by molar-refractivity contribution is -0.385. The molecular weight excluding hydrogens is 331 g/mol. The number of anilines is 1. The van der Waals surface area contributed by atoms with E-state index in [1.807, 2.05) is 0 Å². The molecule has 0 saturated heterocycles. The van der Waals surface area contributed by atoms with E-state index in [-0.39, 0.29) is 29.4 Å². The van der Waals surface area contributed by atoms with Crippen LogP contribution in [0.3, 0.4) is 0 Å². The predicted octanol–water partition coefficient (Wildman–Crippen LogP) is 3.70. The van der Waals surface area contributed by atoms with E-state index in [1.54, 1.807) is 13.8 Å². The van der Waals surface area contributed by atoms with Gasteiger partial charge in [0.1, 0.15) is 11.4 Å². The van der Waals surface area contributed by atoms with Crippen molar-refractivity contribution in [1.29, 1.82) is 0 Å². The van der Waals surface area contributed by atoms with Crippen LogP contribution in [-0.2, 0) is 0 Å². The van der Waals surface area contributed by atoms with E-state index in [0.29, 0.717) is 5.56 Å². The summed E-state index contributed by atoms with van der Waals surface area (Å²) in [5.41, 5.74) is 0.201. The Hall–Kier alpha value is -3.16. The summed E-state index contributed by atoms with van der Waals surface area (Å²) < 4.78 is 23.8. The number of hydrogen-bond donors (Lipinski definition) is 1. The quantitative estimate of drug-likeness (QED) is 0.635. The van der Waals surface area contributed by atoms with Gasteiger partial charge in [-0.15, -0.1) is 0 Å². The zero-order valence-corrected chi connectivity index (χ0v) is 14.0. The van der Waals surface area contributed by atoms with Crippen LogP contribution in [0.4, 0.5) is 15.8 Å². The molecule has 8 heteroatoms. The molecule has 0 aliphatic rings. The average Bonchev–Trinajstić information content (AvgIpc) is 2.57. The third kappa shape index (κ3) is 4.03. The number of amides is 1. The number of nitrogens with zero attached hydrogens (tertiary/aromatic N) is 1. The molecule has 0 radical (unpaired) electrons. The fraction of sp³-hybridized carbons (Fsp3) is 0.235. The maximum atomic E-state index is 13.4. The van der Waals surface area contributed by atoms with Gasteiger partial charge in [-0.05, 0) is 31.5 Å². The Morgan fingerprint density at radius 1 is 1.28 bits per heavy atom. The van der Waals surface area contributed by atoms with Gasteiger partial charge in [0.2, 0.25) is 0 Å². The minimum absolute atomic E-state index is 0.162. The number of halogens is 1. The second-order valence-corrected chi connectivity index (χ2v) is 5.12. The normalized spacial score (nSPS) is 10.2. The van der Waals surface area contributed by atoms with E-state index in [2.05, 4.69) is 5.32 Å². The first kappa shape index (κ1) is 18.2. The molecule has 0 saturated carbocycles. The number of carbonyl (C=O) groups excluding carboxylic acids is 1. The molecule has 2 rings (SSSR count). The summed E-state index contributed by atoms with van der Waals surface area (Å²) in [5.74, 6) is -0.926. The molecule has 0 aliphatic carbocycles. The zero-order valence-electron chi connectivity index (χ0n) is 14.0. The van der Waals surface area contributed by atoms with Crippen LogP contribution in [-0.4, -0.2) is 24.5 Å².